The Hall–Kier alpha value is -3.78. The minimum Gasteiger partial charge on any atom is -0.452 e. The highest BCUT2D eigenvalue weighted by Gasteiger charge is 2.15. The molecule has 7 nitrogen and oxygen atoms in total. The number of anilines is 1. The predicted octanol–water partition coefficient (Wildman–Crippen LogP) is 4.52. The molecule has 1 aromatic heterocycles. The number of para-hydroxylation sites is 2. The molecule has 1 heterocycles. The Morgan fingerprint density at radius 1 is 1.03 bits per heavy atom. The van der Waals surface area contributed by atoms with Gasteiger partial charge >= 0.3 is 5.97 Å². The minimum absolute atomic E-state index is 0.0427. The quantitative estimate of drug-likeness (QED) is 0.268. The first-order valence-electron chi connectivity index (χ1n) is 8.56. The van der Waals surface area contributed by atoms with Crippen LogP contribution >= 0.6 is 11.3 Å². The van der Waals surface area contributed by atoms with Crippen molar-refractivity contribution >= 4 is 40.7 Å². The summed E-state index contributed by atoms with van der Waals surface area (Å²) in [6.45, 7) is -0.547. The van der Waals surface area contributed by atoms with Gasteiger partial charge in [0.1, 0.15) is 5.69 Å². The van der Waals surface area contributed by atoms with Crippen molar-refractivity contribution in [3.8, 4) is 10.4 Å². The van der Waals surface area contributed by atoms with Crippen LogP contribution in [0.15, 0.2) is 72.8 Å². The van der Waals surface area contributed by atoms with Crippen molar-refractivity contribution in [3.63, 3.8) is 0 Å². The van der Waals surface area contributed by atoms with E-state index in [2.05, 4.69) is 5.32 Å². The van der Waals surface area contributed by atoms with E-state index < -0.39 is 23.4 Å². The molecule has 3 rings (SSSR count). The first kappa shape index (κ1) is 20.0. The fourth-order valence-electron chi connectivity index (χ4n) is 2.46. The maximum atomic E-state index is 11.9. The van der Waals surface area contributed by atoms with E-state index in [0.29, 0.717) is 0 Å². The van der Waals surface area contributed by atoms with Crippen molar-refractivity contribution in [2.24, 2.45) is 0 Å². The third-order valence-corrected chi connectivity index (χ3v) is 4.89. The number of nitrogens with zero attached hydrogens (tertiary/aromatic N) is 1. The monoisotopic (exact) mass is 408 g/mol. The molecule has 0 fully saturated rings. The summed E-state index contributed by atoms with van der Waals surface area (Å²) in [5.74, 6) is -1.35. The molecule has 3 aromatic rings. The van der Waals surface area contributed by atoms with Gasteiger partial charge in [-0.1, -0.05) is 42.5 Å². The molecule has 2 aromatic carbocycles. The zero-order chi connectivity index (χ0) is 20.6. The highest BCUT2D eigenvalue weighted by molar-refractivity contribution is 7.16. The van der Waals surface area contributed by atoms with Gasteiger partial charge in [0.2, 0.25) is 0 Å². The summed E-state index contributed by atoms with van der Waals surface area (Å²) < 4.78 is 4.89. The largest absolute Gasteiger partial charge is 0.452 e. The summed E-state index contributed by atoms with van der Waals surface area (Å²) in [4.78, 5) is 36.0. The van der Waals surface area contributed by atoms with Gasteiger partial charge in [0.25, 0.3) is 11.6 Å². The van der Waals surface area contributed by atoms with E-state index in [9.17, 15) is 19.7 Å². The number of hydrogen-bond acceptors (Lipinski definition) is 6. The summed E-state index contributed by atoms with van der Waals surface area (Å²) in [6.07, 6.45) is 2.85. The van der Waals surface area contributed by atoms with Crippen LogP contribution in [0.1, 0.15) is 4.88 Å². The Balaban J connectivity index is 1.52. The van der Waals surface area contributed by atoms with Crippen LogP contribution in [0.4, 0.5) is 11.4 Å². The van der Waals surface area contributed by atoms with E-state index in [0.717, 1.165) is 15.3 Å². The van der Waals surface area contributed by atoms with Crippen LogP contribution in [0.3, 0.4) is 0 Å². The van der Waals surface area contributed by atoms with Gasteiger partial charge in [-0.3, -0.25) is 14.9 Å². The summed E-state index contributed by atoms with van der Waals surface area (Å²) in [5, 5.41) is 13.3. The van der Waals surface area contributed by atoms with Crippen molar-refractivity contribution in [1.29, 1.82) is 0 Å². The number of carbonyl (C=O) groups is 2. The lowest BCUT2D eigenvalue weighted by atomic mass is 10.2. The van der Waals surface area contributed by atoms with Gasteiger partial charge in [-0.2, -0.15) is 0 Å². The summed E-state index contributed by atoms with van der Waals surface area (Å²) >= 11 is 1.52. The van der Waals surface area contributed by atoms with Gasteiger partial charge < -0.3 is 10.1 Å². The molecule has 0 aliphatic heterocycles. The summed E-state index contributed by atoms with van der Waals surface area (Å²) in [7, 11) is 0. The molecular weight excluding hydrogens is 392 g/mol. The van der Waals surface area contributed by atoms with Crippen molar-refractivity contribution in [2.75, 3.05) is 11.9 Å². The number of esters is 1. The Bertz CT molecular complexity index is 1060. The SMILES string of the molecule is O=C(COC(=O)/C=C/c1ccc(-c2ccccc2)s1)Nc1ccccc1[N+](=O)[O-]. The number of carbonyl (C=O) groups excluding carboxylic acids is 2. The fraction of sp³-hybridized carbons (Fsp3) is 0.0476. The lowest BCUT2D eigenvalue weighted by Crippen LogP contribution is -2.20. The first-order chi connectivity index (χ1) is 14.0. The smallest absolute Gasteiger partial charge is 0.331 e. The number of benzene rings is 2. The highest BCUT2D eigenvalue weighted by atomic mass is 32.1. The molecule has 1 amide bonds. The third kappa shape index (κ3) is 5.60. The Kier molecular flexibility index (Phi) is 6.49. The van der Waals surface area contributed by atoms with Crippen LogP contribution in [0.5, 0.6) is 0 Å². The number of nitrogens with one attached hydrogen (secondary N) is 1. The number of thiophene rings is 1. The van der Waals surface area contributed by atoms with Gasteiger partial charge in [0.15, 0.2) is 6.61 Å². The second kappa shape index (κ2) is 9.43. The predicted molar refractivity (Wildman–Crippen MR) is 111 cm³/mol. The van der Waals surface area contributed by atoms with Crippen LogP contribution in [-0.2, 0) is 14.3 Å². The first-order valence-corrected chi connectivity index (χ1v) is 9.38. The van der Waals surface area contributed by atoms with Gasteiger partial charge in [-0.15, -0.1) is 11.3 Å². The van der Waals surface area contributed by atoms with E-state index in [1.807, 2.05) is 42.5 Å². The Morgan fingerprint density at radius 2 is 1.76 bits per heavy atom. The average Bonchev–Trinajstić information content (AvgIpc) is 3.21. The maximum Gasteiger partial charge on any atom is 0.331 e. The number of amides is 1. The van der Waals surface area contributed by atoms with Gasteiger partial charge in [0.05, 0.1) is 4.92 Å². The standard InChI is InChI=1S/C21H16N2O5S/c24-20(22-17-8-4-5-9-18(17)23(26)27)14-28-21(25)13-11-16-10-12-19(29-16)15-6-2-1-3-7-15/h1-13H,14H2,(H,22,24)/b13-11+. The number of nitro groups is 1. The second-order valence-corrected chi connectivity index (χ2v) is 6.95. The number of nitro benzene ring substituents is 1. The van der Waals surface area contributed by atoms with Gasteiger partial charge in [-0.25, -0.2) is 4.79 Å². The molecule has 8 heteroatoms. The van der Waals surface area contributed by atoms with Crippen molar-refractivity contribution in [2.45, 2.75) is 0 Å². The normalized spacial score (nSPS) is 10.6. The minimum atomic E-state index is -0.683. The molecule has 0 saturated heterocycles. The van der Waals surface area contributed by atoms with Crippen LogP contribution in [0, 0.1) is 10.1 Å². The average molecular weight is 408 g/mol. The molecule has 0 unspecified atom stereocenters. The zero-order valence-corrected chi connectivity index (χ0v) is 15.9. The van der Waals surface area contributed by atoms with Crippen molar-refractivity contribution in [1.82, 2.24) is 0 Å². The lowest BCUT2D eigenvalue weighted by molar-refractivity contribution is -0.383. The molecule has 0 bridgehead atoms. The molecule has 0 aliphatic carbocycles. The molecule has 29 heavy (non-hydrogen) atoms. The van der Waals surface area contributed by atoms with Gasteiger partial charge in [0, 0.05) is 21.9 Å². The zero-order valence-electron chi connectivity index (χ0n) is 15.1. The van der Waals surface area contributed by atoms with Crippen LogP contribution in [0.2, 0.25) is 0 Å². The topological polar surface area (TPSA) is 98.5 Å². The molecule has 0 saturated carbocycles. The molecule has 146 valence electrons. The lowest BCUT2D eigenvalue weighted by Gasteiger charge is -2.05. The van der Waals surface area contributed by atoms with E-state index in [1.54, 1.807) is 12.1 Å². The molecule has 0 spiro atoms. The van der Waals surface area contributed by atoms with E-state index in [4.69, 9.17) is 4.74 Å². The Labute approximate surface area is 170 Å². The molecule has 0 atom stereocenters. The summed E-state index contributed by atoms with van der Waals surface area (Å²) in [5.41, 5.74) is 0.895. The highest BCUT2D eigenvalue weighted by Crippen LogP contribution is 2.28. The number of hydrogen-bond donors (Lipinski definition) is 1. The number of ether oxygens (including phenoxy) is 1. The molecule has 0 radical (unpaired) electrons. The molecule has 1 N–H and O–H groups in total. The summed E-state index contributed by atoms with van der Waals surface area (Å²) in [6, 6.07) is 19.4. The van der Waals surface area contributed by atoms with E-state index in [-0.39, 0.29) is 11.4 Å². The molecule has 0 aliphatic rings. The molecular formula is C21H16N2O5S. The van der Waals surface area contributed by atoms with Crippen molar-refractivity contribution < 1.29 is 19.2 Å². The van der Waals surface area contributed by atoms with Crippen LogP contribution in [-0.4, -0.2) is 23.4 Å². The van der Waals surface area contributed by atoms with Crippen molar-refractivity contribution in [3.05, 3.63) is 87.8 Å². The van der Waals surface area contributed by atoms with Gasteiger partial charge in [-0.05, 0) is 29.8 Å². The Morgan fingerprint density at radius 3 is 2.52 bits per heavy atom. The van der Waals surface area contributed by atoms with Crippen LogP contribution < -0.4 is 5.32 Å². The number of rotatable bonds is 7. The second-order valence-electron chi connectivity index (χ2n) is 5.83. The third-order valence-electron chi connectivity index (χ3n) is 3.79. The van der Waals surface area contributed by atoms with E-state index in [1.165, 1.54) is 35.6 Å². The fourth-order valence-corrected chi connectivity index (χ4v) is 3.38. The van der Waals surface area contributed by atoms with Crippen LogP contribution in [0.25, 0.3) is 16.5 Å². The van der Waals surface area contributed by atoms with E-state index >= 15 is 0 Å². The maximum absolute atomic E-state index is 11.9.